The molecule has 0 aromatic carbocycles. The average molecular weight is 401 g/mol. The van der Waals surface area contributed by atoms with E-state index < -0.39 is 0 Å². The van der Waals surface area contributed by atoms with Gasteiger partial charge in [0.05, 0.1) is 11.3 Å². The second kappa shape index (κ2) is 8.28. The van der Waals surface area contributed by atoms with Crippen LogP contribution in [0.3, 0.4) is 0 Å². The van der Waals surface area contributed by atoms with Crippen molar-refractivity contribution >= 4 is 23.4 Å². The summed E-state index contributed by atoms with van der Waals surface area (Å²) in [5, 5.41) is 4.15. The van der Waals surface area contributed by atoms with Crippen LogP contribution in [0, 0.1) is 13.8 Å². The van der Waals surface area contributed by atoms with E-state index in [9.17, 15) is 4.79 Å². The molecule has 0 unspecified atom stereocenters. The maximum atomic E-state index is 12.4. The molecule has 8 heteroatoms. The molecule has 0 spiro atoms. The number of aromatic amines is 1. The topological polar surface area (TPSA) is 99.2 Å². The van der Waals surface area contributed by atoms with Gasteiger partial charge in [-0.25, -0.2) is 15.4 Å². The standard InChI is InChI=1S/C22H23N7O/c1-14-17(7-11-29(3)16-4-8-23-9-5-16)15(2)26-20(14)12-18-21(27-28-22(18)30)19-6-10-24-13-25-19/h4-6,8-10,12-13,26H,7,11H2,1-3H3,(H,28,30)/b18-12+. The largest absolute Gasteiger partial charge is 0.374 e. The average Bonchev–Trinajstić information content (AvgIpc) is 3.27. The van der Waals surface area contributed by atoms with Crippen LogP contribution in [0.1, 0.15) is 28.2 Å². The van der Waals surface area contributed by atoms with Crippen molar-refractivity contribution < 1.29 is 4.79 Å². The Labute approximate surface area is 174 Å². The van der Waals surface area contributed by atoms with Crippen LogP contribution < -0.4 is 10.3 Å². The molecule has 152 valence electrons. The second-order valence-corrected chi connectivity index (χ2v) is 7.20. The maximum absolute atomic E-state index is 12.4. The normalized spacial score (nSPS) is 14.7. The highest BCUT2D eigenvalue weighted by atomic mass is 16.2. The SMILES string of the molecule is Cc1[nH]c(/C=C2/C(=O)NN=C2c2ccncn2)c(C)c1CCN(C)c1ccncc1. The number of amides is 1. The van der Waals surface area contributed by atoms with E-state index in [0.717, 1.165) is 35.6 Å². The van der Waals surface area contributed by atoms with E-state index >= 15 is 0 Å². The lowest BCUT2D eigenvalue weighted by Gasteiger charge is -2.19. The van der Waals surface area contributed by atoms with Gasteiger partial charge in [-0.3, -0.25) is 9.78 Å². The molecule has 0 saturated carbocycles. The number of aryl methyl sites for hydroxylation is 1. The first kappa shape index (κ1) is 19.5. The van der Waals surface area contributed by atoms with Crippen LogP contribution in [0.4, 0.5) is 5.69 Å². The number of hydrazone groups is 1. The third-order valence-electron chi connectivity index (χ3n) is 5.31. The predicted molar refractivity (Wildman–Crippen MR) is 116 cm³/mol. The van der Waals surface area contributed by atoms with Gasteiger partial charge in [0.1, 0.15) is 12.0 Å². The second-order valence-electron chi connectivity index (χ2n) is 7.20. The summed E-state index contributed by atoms with van der Waals surface area (Å²) in [4.78, 5) is 30.2. The summed E-state index contributed by atoms with van der Waals surface area (Å²) in [6.45, 7) is 5.00. The summed E-state index contributed by atoms with van der Waals surface area (Å²) in [6.07, 6.45) is 9.40. The Morgan fingerprint density at radius 3 is 2.60 bits per heavy atom. The van der Waals surface area contributed by atoms with Crippen LogP contribution in [0.15, 0.2) is 53.8 Å². The molecule has 1 aliphatic rings. The van der Waals surface area contributed by atoms with Gasteiger partial charge in [-0.05, 0) is 55.7 Å². The Morgan fingerprint density at radius 1 is 1.10 bits per heavy atom. The van der Waals surface area contributed by atoms with Crippen LogP contribution in [-0.2, 0) is 11.2 Å². The highest BCUT2D eigenvalue weighted by Gasteiger charge is 2.25. The van der Waals surface area contributed by atoms with Crippen LogP contribution in [-0.4, -0.2) is 45.1 Å². The Kier molecular flexibility index (Phi) is 5.38. The molecule has 1 amide bonds. The molecule has 8 nitrogen and oxygen atoms in total. The lowest BCUT2D eigenvalue weighted by atomic mass is 10.0. The number of likely N-dealkylation sites (N-methyl/N-ethyl adjacent to an activating group) is 1. The minimum atomic E-state index is -0.241. The van der Waals surface area contributed by atoms with Crippen molar-refractivity contribution in [3.63, 3.8) is 0 Å². The molecule has 4 heterocycles. The number of aromatic nitrogens is 4. The molecule has 0 atom stereocenters. The summed E-state index contributed by atoms with van der Waals surface area (Å²) in [5.41, 5.74) is 9.66. The van der Waals surface area contributed by atoms with Crippen molar-refractivity contribution in [1.82, 2.24) is 25.4 Å². The summed E-state index contributed by atoms with van der Waals surface area (Å²) < 4.78 is 0. The van der Waals surface area contributed by atoms with E-state index in [-0.39, 0.29) is 5.91 Å². The van der Waals surface area contributed by atoms with E-state index in [0.29, 0.717) is 17.0 Å². The molecule has 0 fully saturated rings. The summed E-state index contributed by atoms with van der Waals surface area (Å²) >= 11 is 0. The predicted octanol–water partition coefficient (Wildman–Crippen LogP) is 2.41. The van der Waals surface area contributed by atoms with Gasteiger partial charge in [0, 0.05) is 49.3 Å². The maximum Gasteiger partial charge on any atom is 0.273 e. The highest BCUT2D eigenvalue weighted by molar-refractivity contribution is 6.32. The Morgan fingerprint density at radius 2 is 1.87 bits per heavy atom. The van der Waals surface area contributed by atoms with Gasteiger partial charge in [-0.15, -0.1) is 0 Å². The number of carbonyl (C=O) groups excluding carboxylic acids is 1. The minimum absolute atomic E-state index is 0.241. The van der Waals surface area contributed by atoms with Crippen molar-refractivity contribution in [3.8, 4) is 0 Å². The van der Waals surface area contributed by atoms with E-state index in [2.05, 4.69) is 56.3 Å². The number of rotatable bonds is 6. The molecule has 0 radical (unpaired) electrons. The molecule has 1 aliphatic heterocycles. The van der Waals surface area contributed by atoms with Crippen molar-refractivity contribution in [1.29, 1.82) is 0 Å². The zero-order chi connectivity index (χ0) is 21.1. The van der Waals surface area contributed by atoms with E-state index in [4.69, 9.17) is 0 Å². The van der Waals surface area contributed by atoms with Gasteiger partial charge in [-0.1, -0.05) is 0 Å². The first-order chi connectivity index (χ1) is 14.5. The number of nitrogens with zero attached hydrogens (tertiary/aromatic N) is 5. The number of anilines is 1. The van der Waals surface area contributed by atoms with Gasteiger partial charge >= 0.3 is 0 Å². The quantitative estimate of drug-likeness (QED) is 0.618. The Hall–Kier alpha value is -3.81. The smallest absolute Gasteiger partial charge is 0.273 e. The zero-order valence-corrected chi connectivity index (χ0v) is 17.2. The summed E-state index contributed by atoms with van der Waals surface area (Å²) in [6, 6.07) is 5.74. The van der Waals surface area contributed by atoms with E-state index in [1.807, 2.05) is 18.2 Å². The molecule has 0 saturated heterocycles. The van der Waals surface area contributed by atoms with E-state index in [1.165, 1.54) is 11.9 Å². The zero-order valence-electron chi connectivity index (χ0n) is 17.2. The summed E-state index contributed by atoms with van der Waals surface area (Å²) in [5.74, 6) is -0.241. The fourth-order valence-electron chi connectivity index (χ4n) is 3.58. The Balaban J connectivity index is 1.57. The number of H-pyrrole nitrogens is 1. The van der Waals surface area contributed by atoms with Crippen molar-refractivity contribution in [3.05, 3.63) is 76.9 Å². The molecule has 3 aromatic heterocycles. The van der Waals surface area contributed by atoms with Crippen LogP contribution >= 0.6 is 0 Å². The number of hydrogen-bond donors (Lipinski definition) is 2. The third-order valence-corrected chi connectivity index (χ3v) is 5.31. The van der Waals surface area contributed by atoms with Gasteiger partial charge < -0.3 is 9.88 Å². The molecule has 0 aliphatic carbocycles. The van der Waals surface area contributed by atoms with Crippen molar-refractivity contribution in [2.75, 3.05) is 18.5 Å². The molecule has 0 bridgehead atoms. The molecule has 2 N–H and O–H groups in total. The van der Waals surface area contributed by atoms with E-state index in [1.54, 1.807) is 24.7 Å². The highest BCUT2D eigenvalue weighted by Crippen LogP contribution is 2.24. The first-order valence-electron chi connectivity index (χ1n) is 9.70. The number of hydrogen-bond acceptors (Lipinski definition) is 6. The lowest BCUT2D eigenvalue weighted by molar-refractivity contribution is -0.116. The van der Waals surface area contributed by atoms with Crippen molar-refractivity contribution in [2.45, 2.75) is 20.3 Å². The van der Waals surface area contributed by atoms with Crippen LogP contribution in [0.2, 0.25) is 0 Å². The monoisotopic (exact) mass is 401 g/mol. The van der Waals surface area contributed by atoms with Crippen LogP contribution in [0.5, 0.6) is 0 Å². The molecule has 3 aromatic rings. The van der Waals surface area contributed by atoms with Gasteiger partial charge in [-0.2, -0.15) is 5.10 Å². The summed E-state index contributed by atoms with van der Waals surface area (Å²) in [7, 11) is 2.07. The molecule has 4 rings (SSSR count). The minimum Gasteiger partial charge on any atom is -0.374 e. The molecular weight excluding hydrogens is 378 g/mol. The number of carbonyl (C=O) groups is 1. The molecule has 30 heavy (non-hydrogen) atoms. The first-order valence-corrected chi connectivity index (χ1v) is 9.70. The fraction of sp³-hybridized carbons (Fsp3) is 0.227. The van der Waals surface area contributed by atoms with Crippen LogP contribution in [0.25, 0.3) is 6.08 Å². The Bertz CT molecular complexity index is 1120. The lowest BCUT2D eigenvalue weighted by Crippen LogP contribution is -2.20. The van der Waals surface area contributed by atoms with Gasteiger partial charge in [0.2, 0.25) is 0 Å². The third kappa shape index (κ3) is 3.84. The fourth-order valence-corrected chi connectivity index (χ4v) is 3.58. The number of pyridine rings is 1. The van der Waals surface area contributed by atoms with Crippen molar-refractivity contribution in [2.24, 2.45) is 5.10 Å². The molecular formula is C22H23N7O. The number of nitrogens with one attached hydrogen (secondary N) is 2. The van der Waals surface area contributed by atoms with Gasteiger partial charge in [0.25, 0.3) is 5.91 Å². The van der Waals surface area contributed by atoms with Gasteiger partial charge in [0.15, 0.2) is 0 Å².